The smallest absolute Gasteiger partial charge is 0.221 e. The summed E-state index contributed by atoms with van der Waals surface area (Å²) >= 11 is 6.10. The SMILES string of the molecule is Cc1nn(CCCNC(=O)CCn2nccc2C)c(C)c1Cl. The molecule has 120 valence electrons. The summed E-state index contributed by atoms with van der Waals surface area (Å²) in [5.74, 6) is 0.0429. The lowest BCUT2D eigenvalue weighted by Gasteiger charge is -2.07. The van der Waals surface area contributed by atoms with Gasteiger partial charge in [-0.3, -0.25) is 14.2 Å². The Hall–Kier alpha value is -1.82. The van der Waals surface area contributed by atoms with Gasteiger partial charge in [-0.1, -0.05) is 11.6 Å². The van der Waals surface area contributed by atoms with Gasteiger partial charge in [0.25, 0.3) is 0 Å². The van der Waals surface area contributed by atoms with Crippen molar-refractivity contribution in [1.29, 1.82) is 0 Å². The van der Waals surface area contributed by atoms with Crippen LogP contribution in [0.25, 0.3) is 0 Å². The van der Waals surface area contributed by atoms with Gasteiger partial charge in [0, 0.05) is 37.9 Å². The fourth-order valence-corrected chi connectivity index (χ4v) is 2.41. The van der Waals surface area contributed by atoms with Crippen LogP contribution in [0.2, 0.25) is 5.02 Å². The molecule has 7 heteroatoms. The van der Waals surface area contributed by atoms with E-state index in [4.69, 9.17) is 11.6 Å². The molecular weight excluding hydrogens is 302 g/mol. The van der Waals surface area contributed by atoms with Gasteiger partial charge in [0.05, 0.1) is 16.4 Å². The van der Waals surface area contributed by atoms with Crippen LogP contribution in [-0.4, -0.2) is 32.0 Å². The summed E-state index contributed by atoms with van der Waals surface area (Å²) in [4.78, 5) is 11.8. The maximum atomic E-state index is 11.8. The first kappa shape index (κ1) is 16.5. The first-order chi connectivity index (χ1) is 10.5. The van der Waals surface area contributed by atoms with Gasteiger partial charge >= 0.3 is 0 Å². The topological polar surface area (TPSA) is 64.7 Å². The van der Waals surface area contributed by atoms with Crippen LogP contribution >= 0.6 is 11.6 Å². The van der Waals surface area contributed by atoms with E-state index in [1.807, 2.05) is 36.2 Å². The monoisotopic (exact) mass is 323 g/mol. The van der Waals surface area contributed by atoms with Crippen LogP contribution in [0.3, 0.4) is 0 Å². The van der Waals surface area contributed by atoms with Gasteiger partial charge < -0.3 is 5.32 Å². The summed E-state index contributed by atoms with van der Waals surface area (Å²) in [5, 5.41) is 12.2. The molecular formula is C15H22ClN5O. The van der Waals surface area contributed by atoms with Crippen molar-refractivity contribution in [3.63, 3.8) is 0 Å². The van der Waals surface area contributed by atoms with Crippen molar-refractivity contribution in [3.05, 3.63) is 34.4 Å². The van der Waals surface area contributed by atoms with Crippen LogP contribution in [0.15, 0.2) is 12.3 Å². The second-order valence-corrected chi connectivity index (χ2v) is 5.74. The van der Waals surface area contributed by atoms with Gasteiger partial charge in [0.1, 0.15) is 0 Å². The maximum absolute atomic E-state index is 11.8. The third-order valence-electron chi connectivity index (χ3n) is 3.64. The Morgan fingerprint density at radius 1 is 1.27 bits per heavy atom. The fourth-order valence-electron chi connectivity index (χ4n) is 2.28. The number of amides is 1. The van der Waals surface area contributed by atoms with Gasteiger partial charge in [-0.25, -0.2) is 0 Å². The third-order valence-corrected chi connectivity index (χ3v) is 4.19. The Balaban J connectivity index is 1.67. The number of carbonyl (C=O) groups excluding carboxylic acids is 1. The molecule has 0 aliphatic carbocycles. The summed E-state index contributed by atoms with van der Waals surface area (Å²) in [6.45, 7) is 7.81. The average molecular weight is 324 g/mol. The highest BCUT2D eigenvalue weighted by molar-refractivity contribution is 6.31. The Morgan fingerprint density at radius 3 is 2.64 bits per heavy atom. The van der Waals surface area contributed by atoms with Crippen LogP contribution in [0.1, 0.15) is 29.9 Å². The van der Waals surface area contributed by atoms with Crippen LogP contribution in [-0.2, 0) is 17.9 Å². The van der Waals surface area contributed by atoms with Gasteiger partial charge in [0.15, 0.2) is 0 Å². The van der Waals surface area contributed by atoms with Gasteiger partial charge in [-0.15, -0.1) is 0 Å². The quantitative estimate of drug-likeness (QED) is 0.795. The molecule has 22 heavy (non-hydrogen) atoms. The molecule has 2 rings (SSSR count). The van der Waals surface area contributed by atoms with E-state index in [1.54, 1.807) is 6.20 Å². The summed E-state index contributed by atoms with van der Waals surface area (Å²) in [7, 11) is 0. The molecule has 0 spiro atoms. The number of rotatable bonds is 7. The normalized spacial score (nSPS) is 10.9. The number of halogens is 1. The number of carbonyl (C=O) groups is 1. The Morgan fingerprint density at radius 2 is 2.05 bits per heavy atom. The van der Waals surface area contributed by atoms with Gasteiger partial charge in [-0.05, 0) is 33.3 Å². The second-order valence-electron chi connectivity index (χ2n) is 5.36. The summed E-state index contributed by atoms with van der Waals surface area (Å²) in [6, 6.07) is 1.93. The minimum absolute atomic E-state index is 0.0429. The Bertz CT molecular complexity index is 646. The third kappa shape index (κ3) is 4.10. The Kier molecular flexibility index (Phi) is 5.60. The molecule has 0 aliphatic rings. The minimum atomic E-state index is 0.0429. The lowest BCUT2D eigenvalue weighted by molar-refractivity contribution is -0.121. The number of nitrogens with one attached hydrogen (secondary N) is 1. The number of nitrogens with zero attached hydrogens (tertiary/aromatic N) is 4. The molecule has 0 saturated carbocycles. The highest BCUT2D eigenvalue weighted by Crippen LogP contribution is 2.18. The van der Waals surface area contributed by atoms with E-state index in [0.29, 0.717) is 19.5 Å². The average Bonchev–Trinajstić information content (AvgIpc) is 3.00. The molecule has 0 fully saturated rings. The summed E-state index contributed by atoms with van der Waals surface area (Å²) < 4.78 is 3.72. The van der Waals surface area contributed by atoms with Crippen molar-refractivity contribution in [2.75, 3.05) is 6.54 Å². The molecule has 0 unspecified atom stereocenters. The molecule has 2 aromatic heterocycles. The molecule has 6 nitrogen and oxygen atoms in total. The Labute approximate surface area is 135 Å². The van der Waals surface area contributed by atoms with E-state index in [1.165, 1.54) is 0 Å². The molecule has 0 aliphatic heterocycles. The fraction of sp³-hybridized carbons (Fsp3) is 0.533. The summed E-state index contributed by atoms with van der Waals surface area (Å²) in [5.41, 5.74) is 2.88. The zero-order valence-electron chi connectivity index (χ0n) is 13.3. The zero-order chi connectivity index (χ0) is 16.1. The van der Waals surface area contributed by atoms with E-state index in [2.05, 4.69) is 15.5 Å². The first-order valence-electron chi connectivity index (χ1n) is 7.43. The minimum Gasteiger partial charge on any atom is -0.356 e. The van der Waals surface area contributed by atoms with E-state index in [-0.39, 0.29) is 5.91 Å². The highest BCUT2D eigenvalue weighted by Gasteiger charge is 2.08. The maximum Gasteiger partial charge on any atom is 0.221 e. The van der Waals surface area contributed by atoms with E-state index < -0.39 is 0 Å². The number of aryl methyl sites for hydroxylation is 4. The number of aromatic nitrogens is 4. The summed E-state index contributed by atoms with van der Waals surface area (Å²) in [6.07, 6.45) is 3.01. The van der Waals surface area contributed by atoms with Crippen molar-refractivity contribution in [2.24, 2.45) is 0 Å². The first-order valence-corrected chi connectivity index (χ1v) is 7.81. The van der Waals surface area contributed by atoms with E-state index >= 15 is 0 Å². The van der Waals surface area contributed by atoms with E-state index in [0.717, 1.165) is 35.1 Å². The predicted octanol–water partition coefficient (Wildman–Crippen LogP) is 2.25. The van der Waals surface area contributed by atoms with Gasteiger partial charge in [-0.2, -0.15) is 10.2 Å². The number of hydrogen-bond acceptors (Lipinski definition) is 3. The predicted molar refractivity (Wildman–Crippen MR) is 85.9 cm³/mol. The zero-order valence-corrected chi connectivity index (χ0v) is 14.0. The van der Waals surface area contributed by atoms with Crippen molar-refractivity contribution in [2.45, 2.75) is 46.7 Å². The second kappa shape index (κ2) is 7.45. The molecule has 0 radical (unpaired) electrons. The lowest BCUT2D eigenvalue weighted by atomic mass is 10.3. The molecule has 1 amide bonds. The lowest BCUT2D eigenvalue weighted by Crippen LogP contribution is -2.26. The van der Waals surface area contributed by atoms with Crippen LogP contribution < -0.4 is 5.32 Å². The van der Waals surface area contributed by atoms with Crippen molar-refractivity contribution in [3.8, 4) is 0 Å². The molecule has 0 aromatic carbocycles. The molecule has 0 saturated heterocycles. The number of hydrogen-bond donors (Lipinski definition) is 1. The van der Waals surface area contributed by atoms with Crippen molar-refractivity contribution in [1.82, 2.24) is 24.9 Å². The van der Waals surface area contributed by atoms with Crippen molar-refractivity contribution < 1.29 is 4.79 Å². The van der Waals surface area contributed by atoms with Crippen molar-refractivity contribution >= 4 is 17.5 Å². The van der Waals surface area contributed by atoms with Crippen LogP contribution in [0, 0.1) is 20.8 Å². The molecule has 0 atom stereocenters. The van der Waals surface area contributed by atoms with Crippen LogP contribution in [0.4, 0.5) is 0 Å². The highest BCUT2D eigenvalue weighted by atomic mass is 35.5. The van der Waals surface area contributed by atoms with Crippen LogP contribution in [0.5, 0.6) is 0 Å². The largest absolute Gasteiger partial charge is 0.356 e. The van der Waals surface area contributed by atoms with E-state index in [9.17, 15) is 4.79 Å². The standard InChI is InChI=1S/C15H22ClN5O/c1-11-5-8-18-20(11)10-6-14(22)17-7-4-9-21-13(3)15(16)12(2)19-21/h5,8H,4,6-7,9-10H2,1-3H3,(H,17,22). The molecule has 2 aromatic rings. The molecule has 0 bridgehead atoms. The molecule has 1 N–H and O–H groups in total. The van der Waals surface area contributed by atoms with Gasteiger partial charge in [0.2, 0.25) is 5.91 Å². The molecule has 2 heterocycles.